The number of halogens is 2. The van der Waals surface area contributed by atoms with Gasteiger partial charge in [0.15, 0.2) is 0 Å². The van der Waals surface area contributed by atoms with Crippen LogP contribution in [0.25, 0.3) is 11.3 Å². The van der Waals surface area contributed by atoms with E-state index in [-0.39, 0.29) is 11.9 Å². The second-order valence-corrected chi connectivity index (χ2v) is 4.91. The van der Waals surface area contributed by atoms with E-state index in [0.717, 1.165) is 5.82 Å². The van der Waals surface area contributed by atoms with Crippen LogP contribution in [0.4, 0.5) is 4.39 Å². The third-order valence-electron chi connectivity index (χ3n) is 2.68. The Balaban J connectivity index is 2.37. The quantitative estimate of drug-likeness (QED) is 0.898. The first-order valence-corrected chi connectivity index (χ1v) is 6.10. The fourth-order valence-electron chi connectivity index (χ4n) is 1.76. The number of aryl methyl sites for hydroxylation is 1. The standard InChI is InChI=1S/C13H15ClFN3/c1-7-3-10(14)9(5-11(7)15)12-6-17-13(18-12)4-8(2)16/h3,5-6,8H,4,16H2,1-2H3,(H,17,18). The number of nitrogens with two attached hydrogens (primary N) is 1. The summed E-state index contributed by atoms with van der Waals surface area (Å²) in [5.41, 5.74) is 7.54. The van der Waals surface area contributed by atoms with E-state index in [1.807, 2.05) is 6.92 Å². The lowest BCUT2D eigenvalue weighted by Gasteiger charge is -2.05. The highest BCUT2D eigenvalue weighted by molar-refractivity contribution is 6.33. The molecule has 18 heavy (non-hydrogen) atoms. The van der Waals surface area contributed by atoms with Gasteiger partial charge in [-0.15, -0.1) is 0 Å². The Bertz CT molecular complexity index is 563. The van der Waals surface area contributed by atoms with Crippen molar-refractivity contribution in [2.24, 2.45) is 5.73 Å². The molecule has 2 rings (SSSR count). The van der Waals surface area contributed by atoms with Crippen LogP contribution in [0.5, 0.6) is 0 Å². The molecule has 0 bridgehead atoms. The first-order chi connectivity index (χ1) is 8.47. The van der Waals surface area contributed by atoms with Crippen molar-refractivity contribution in [3.63, 3.8) is 0 Å². The zero-order valence-corrected chi connectivity index (χ0v) is 11.1. The predicted molar refractivity (Wildman–Crippen MR) is 71.1 cm³/mol. The molecule has 0 amide bonds. The highest BCUT2D eigenvalue weighted by Gasteiger charge is 2.11. The van der Waals surface area contributed by atoms with Gasteiger partial charge in [-0.25, -0.2) is 9.37 Å². The van der Waals surface area contributed by atoms with Gasteiger partial charge in [-0.05, 0) is 31.5 Å². The fourth-order valence-corrected chi connectivity index (χ4v) is 2.08. The first kappa shape index (κ1) is 13.1. The lowest BCUT2D eigenvalue weighted by atomic mass is 10.1. The topological polar surface area (TPSA) is 54.7 Å². The summed E-state index contributed by atoms with van der Waals surface area (Å²) in [7, 11) is 0. The number of rotatable bonds is 3. The van der Waals surface area contributed by atoms with Gasteiger partial charge >= 0.3 is 0 Å². The van der Waals surface area contributed by atoms with E-state index in [2.05, 4.69) is 9.97 Å². The number of imidazole rings is 1. The first-order valence-electron chi connectivity index (χ1n) is 5.73. The molecule has 0 aliphatic heterocycles. The Labute approximate surface area is 110 Å². The lowest BCUT2D eigenvalue weighted by molar-refractivity contribution is 0.619. The van der Waals surface area contributed by atoms with Gasteiger partial charge in [0.05, 0.1) is 16.9 Å². The highest BCUT2D eigenvalue weighted by atomic mass is 35.5. The molecule has 0 radical (unpaired) electrons. The maximum atomic E-state index is 13.5. The number of hydrogen-bond acceptors (Lipinski definition) is 2. The van der Waals surface area contributed by atoms with Gasteiger partial charge in [0, 0.05) is 18.0 Å². The van der Waals surface area contributed by atoms with Gasteiger partial charge in [0.2, 0.25) is 0 Å². The Morgan fingerprint density at radius 3 is 2.89 bits per heavy atom. The average molecular weight is 268 g/mol. The Morgan fingerprint density at radius 2 is 2.22 bits per heavy atom. The molecule has 0 spiro atoms. The molecule has 0 aliphatic carbocycles. The molecule has 1 unspecified atom stereocenters. The Kier molecular flexibility index (Phi) is 3.68. The van der Waals surface area contributed by atoms with Crippen molar-refractivity contribution in [2.75, 3.05) is 0 Å². The number of nitrogens with zero attached hydrogens (tertiary/aromatic N) is 1. The molecular formula is C13H15ClFN3. The van der Waals surface area contributed by atoms with Gasteiger partial charge < -0.3 is 10.7 Å². The molecule has 3 nitrogen and oxygen atoms in total. The minimum absolute atomic E-state index is 0.0224. The van der Waals surface area contributed by atoms with Crippen LogP contribution < -0.4 is 5.73 Å². The van der Waals surface area contributed by atoms with Crippen molar-refractivity contribution in [2.45, 2.75) is 26.3 Å². The summed E-state index contributed by atoms with van der Waals surface area (Å²) in [5.74, 6) is 0.495. The third-order valence-corrected chi connectivity index (χ3v) is 2.99. The smallest absolute Gasteiger partial charge is 0.126 e. The van der Waals surface area contributed by atoms with Crippen molar-refractivity contribution in [1.29, 1.82) is 0 Å². The minimum atomic E-state index is -0.280. The van der Waals surface area contributed by atoms with E-state index >= 15 is 0 Å². The van der Waals surface area contributed by atoms with Gasteiger partial charge in [-0.2, -0.15) is 0 Å². The third kappa shape index (κ3) is 2.71. The number of nitrogens with one attached hydrogen (secondary N) is 1. The molecule has 96 valence electrons. The van der Waals surface area contributed by atoms with Crippen molar-refractivity contribution in [1.82, 2.24) is 9.97 Å². The van der Waals surface area contributed by atoms with Gasteiger partial charge in [-0.1, -0.05) is 11.6 Å². The fraction of sp³-hybridized carbons (Fsp3) is 0.308. The summed E-state index contributed by atoms with van der Waals surface area (Å²) in [6.07, 6.45) is 2.29. The van der Waals surface area contributed by atoms with Crippen LogP contribution in [0.1, 0.15) is 18.3 Å². The molecule has 0 saturated heterocycles. The van der Waals surface area contributed by atoms with Crippen LogP contribution in [-0.2, 0) is 6.42 Å². The summed E-state index contributed by atoms with van der Waals surface area (Å²) in [4.78, 5) is 7.32. The maximum Gasteiger partial charge on any atom is 0.126 e. The molecule has 2 aromatic rings. The maximum absolute atomic E-state index is 13.5. The summed E-state index contributed by atoms with van der Waals surface area (Å²) in [6, 6.07) is 3.05. The number of aromatic amines is 1. The molecule has 0 saturated carbocycles. The zero-order chi connectivity index (χ0) is 13.3. The van der Waals surface area contributed by atoms with Gasteiger partial charge in [-0.3, -0.25) is 0 Å². The average Bonchev–Trinajstić information content (AvgIpc) is 2.70. The second kappa shape index (κ2) is 5.08. The predicted octanol–water partition coefficient (Wildman–Crippen LogP) is 3.07. The molecule has 1 heterocycles. The van der Waals surface area contributed by atoms with E-state index in [0.29, 0.717) is 28.3 Å². The van der Waals surface area contributed by atoms with Gasteiger partial charge in [0.1, 0.15) is 11.6 Å². The summed E-state index contributed by atoms with van der Waals surface area (Å²) >= 11 is 6.11. The normalized spacial score (nSPS) is 12.7. The SMILES string of the molecule is Cc1cc(Cl)c(-c2cnc(CC(C)N)[nH]2)cc1F. The molecule has 1 aromatic carbocycles. The molecule has 1 aromatic heterocycles. The Morgan fingerprint density at radius 1 is 1.50 bits per heavy atom. The molecule has 0 aliphatic rings. The van der Waals surface area contributed by atoms with Crippen LogP contribution in [-0.4, -0.2) is 16.0 Å². The Hall–Kier alpha value is -1.39. The van der Waals surface area contributed by atoms with Crippen LogP contribution >= 0.6 is 11.6 Å². The molecular weight excluding hydrogens is 253 g/mol. The monoisotopic (exact) mass is 267 g/mol. The zero-order valence-electron chi connectivity index (χ0n) is 10.3. The lowest BCUT2D eigenvalue weighted by Crippen LogP contribution is -2.18. The molecule has 5 heteroatoms. The van der Waals surface area contributed by atoms with Crippen LogP contribution in [0, 0.1) is 12.7 Å². The number of H-pyrrole nitrogens is 1. The van der Waals surface area contributed by atoms with E-state index in [1.165, 1.54) is 6.07 Å². The van der Waals surface area contributed by atoms with Crippen molar-refractivity contribution >= 4 is 11.6 Å². The van der Waals surface area contributed by atoms with Crippen molar-refractivity contribution in [3.05, 3.63) is 40.6 Å². The van der Waals surface area contributed by atoms with Crippen molar-refractivity contribution < 1.29 is 4.39 Å². The second-order valence-electron chi connectivity index (χ2n) is 4.51. The largest absolute Gasteiger partial charge is 0.342 e. The number of hydrogen-bond donors (Lipinski definition) is 2. The number of benzene rings is 1. The highest BCUT2D eigenvalue weighted by Crippen LogP contribution is 2.29. The van der Waals surface area contributed by atoms with E-state index < -0.39 is 0 Å². The number of aromatic nitrogens is 2. The summed E-state index contributed by atoms with van der Waals surface area (Å²) < 4.78 is 13.5. The van der Waals surface area contributed by atoms with Gasteiger partial charge in [0.25, 0.3) is 0 Å². The minimum Gasteiger partial charge on any atom is -0.342 e. The van der Waals surface area contributed by atoms with Crippen LogP contribution in [0.3, 0.4) is 0 Å². The van der Waals surface area contributed by atoms with E-state index in [1.54, 1.807) is 19.2 Å². The van der Waals surface area contributed by atoms with E-state index in [4.69, 9.17) is 17.3 Å². The van der Waals surface area contributed by atoms with Crippen LogP contribution in [0.15, 0.2) is 18.3 Å². The molecule has 3 N–H and O–H groups in total. The summed E-state index contributed by atoms with van der Waals surface area (Å²) in [6.45, 7) is 3.58. The molecule has 0 fully saturated rings. The molecule has 1 atom stereocenters. The van der Waals surface area contributed by atoms with E-state index in [9.17, 15) is 4.39 Å². The van der Waals surface area contributed by atoms with Crippen LogP contribution in [0.2, 0.25) is 5.02 Å². The summed E-state index contributed by atoms with van der Waals surface area (Å²) in [5, 5.41) is 0.505. The van der Waals surface area contributed by atoms with Crippen molar-refractivity contribution in [3.8, 4) is 11.3 Å².